The van der Waals surface area contributed by atoms with Gasteiger partial charge in [-0.05, 0) is 147 Å². The van der Waals surface area contributed by atoms with Crippen LogP contribution in [0.4, 0.5) is 22.7 Å². The fraction of sp³-hybridized carbons (Fsp3) is 0.359. The molecule has 0 bridgehead atoms. The minimum Gasteiger partial charge on any atom is -0.461 e. The van der Waals surface area contributed by atoms with Crippen LogP contribution in [0.2, 0.25) is 0 Å². The number of hydrogen-bond acceptors (Lipinski definition) is 16. The van der Waals surface area contributed by atoms with E-state index in [1.165, 1.54) is 24.3 Å². The lowest BCUT2D eigenvalue weighted by Crippen LogP contribution is -2.22. The number of carbonyl (C=O) groups excluding carboxylic acids is 8. The molecule has 9 rings (SSSR count). The largest absolute Gasteiger partial charge is 0.461 e. The van der Waals surface area contributed by atoms with Crippen molar-refractivity contribution in [2.75, 3.05) is 47.7 Å². The first kappa shape index (κ1) is 84.4. The molecule has 20 nitrogen and oxygen atoms in total. The van der Waals surface area contributed by atoms with E-state index in [9.17, 15) is 43.8 Å². The third kappa shape index (κ3) is 21.5. The average molecular weight is 1520 g/mol. The van der Waals surface area contributed by atoms with E-state index < -0.39 is 94.8 Å². The van der Waals surface area contributed by atoms with Crippen molar-refractivity contribution in [1.82, 2.24) is 0 Å². The molecule has 4 amide bonds. The molecule has 0 saturated heterocycles. The second kappa shape index (κ2) is 35.6. The number of esters is 4. The molecule has 6 unspecified atom stereocenters. The highest BCUT2D eigenvalue weighted by Crippen LogP contribution is 2.47. The molecule has 0 aromatic heterocycles. The minimum atomic E-state index is -0.774. The maximum Gasteiger partial charge on any atom is 0.310 e. The number of hydrogen-bond donors (Lipinski definition) is 8. The molecule has 8 atom stereocenters. The zero-order chi connectivity index (χ0) is 81.9. The van der Waals surface area contributed by atoms with Gasteiger partial charge in [-0.25, -0.2) is 0 Å². The first-order valence-electron chi connectivity index (χ1n) is 38.0. The van der Waals surface area contributed by atoms with Crippen LogP contribution in [-0.2, 0) is 79.0 Å². The Hall–Kier alpha value is -11.7. The highest BCUT2D eigenvalue weighted by molar-refractivity contribution is 6.32. The molecule has 0 aliphatic heterocycles. The van der Waals surface area contributed by atoms with Crippen molar-refractivity contribution < 1.29 is 57.3 Å². The van der Waals surface area contributed by atoms with Gasteiger partial charge in [0.2, 0.25) is 23.6 Å². The maximum absolute atomic E-state index is 14.5. The SMILES string of the molecule is C=CCOC(=O)C1CC1C(=O)Nc1cccc(NC(=O)[C@@H]2CC2C(=O)OCC=C)c1\C1=C(N)/C=C\C=C(/c2cc(C(C)(C)C)cc(C(C)(C)C)c2)C\C=C/C(N)=C(c2c(NC(=O)C3CC3C(=O)OCC=C)cccc2NC(=O)C2C[C@H]2C(=O)OCC=C)/C(N)=C/C=C/C(c2cc(C(C)(C)C)cc(C(C)(C)C)c2)=C/C=C\C1=N. The summed E-state index contributed by atoms with van der Waals surface area (Å²) < 4.78 is 21.4. The van der Waals surface area contributed by atoms with Crippen molar-refractivity contribution in [2.45, 2.75) is 137 Å². The molecule has 0 spiro atoms. The maximum atomic E-state index is 14.5. The minimum absolute atomic E-state index is 0.0263. The van der Waals surface area contributed by atoms with Crippen molar-refractivity contribution in [1.29, 1.82) is 5.41 Å². The Morgan fingerprint density at radius 1 is 0.420 bits per heavy atom. The molecular weight excluding hydrogens is 1410 g/mol. The number of anilines is 4. The summed E-state index contributed by atoms with van der Waals surface area (Å²) in [6, 6.07) is 22.7. The van der Waals surface area contributed by atoms with Gasteiger partial charge < -0.3 is 62.8 Å². The van der Waals surface area contributed by atoms with Crippen molar-refractivity contribution in [3.05, 3.63) is 252 Å². The van der Waals surface area contributed by atoms with Crippen molar-refractivity contribution in [2.24, 2.45) is 64.5 Å². The Kier molecular flexibility index (Phi) is 26.8. The summed E-state index contributed by atoms with van der Waals surface area (Å²) in [5.41, 5.74) is 29.7. The van der Waals surface area contributed by atoms with E-state index in [2.05, 4.69) is 167 Å². The van der Waals surface area contributed by atoms with Gasteiger partial charge in [-0.1, -0.05) is 225 Å². The van der Waals surface area contributed by atoms with Crippen LogP contribution in [0.5, 0.6) is 0 Å². The molecule has 0 radical (unpaired) electrons. The van der Waals surface area contributed by atoms with Crippen LogP contribution in [-0.4, -0.2) is 79.6 Å². The molecule has 4 fully saturated rings. The average Bonchev–Trinajstić information content (AvgIpc) is 1.60. The van der Waals surface area contributed by atoms with Crippen LogP contribution in [0.3, 0.4) is 0 Å². The van der Waals surface area contributed by atoms with Crippen LogP contribution in [0.25, 0.3) is 22.3 Å². The van der Waals surface area contributed by atoms with Crippen molar-refractivity contribution in [3.8, 4) is 0 Å². The monoisotopic (exact) mass is 1520 g/mol. The predicted molar refractivity (Wildman–Crippen MR) is 445 cm³/mol. The number of nitrogens with one attached hydrogen (secondary N) is 5. The number of rotatable bonds is 24. The molecule has 20 heteroatoms. The topological polar surface area (TPSA) is 324 Å². The van der Waals surface area contributed by atoms with Gasteiger partial charge in [0, 0.05) is 39.4 Å². The summed E-state index contributed by atoms with van der Waals surface area (Å²) >= 11 is 0. The molecule has 5 aliphatic rings. The molecule has 11 N–H and O–H groups in total. The van der Waals surface area contributed by atoms with Gasteiger partial charge in [0.1, 0.15) is 26.4 Å². The van der Waals surface area contributed by atoms with Gasteiger partial charge in [0.25, 0.3) is 0 Å². The van der Waals surface area contributed by atoms with Gasteiger partial charge in [0.15, 0.2) is 0 Å². The molecule has 4 aromatic carbocycles. The van der Waals surface area contributed by atoms with E-state index in [-0.39, 0.29) is 148 Å². The first-order chi connectivity index (χ1) is 52.9. The number of benzene rings is 4. The van der Waals surface area contributed by atoms with E-state index in [1.54, 1.807) is 78.9 Å². The summed E-state index contributed by atoms with van der Waals surface area (Å²) in [5.74, 6) is -10.2. The lowest BCUT2D eigenvalue weighted by Gasteiger charge is -2.26. The Labute approximate surface area is 658 Å². The molecular formula is C92H108N8O12. The van der Waals surface area contributed by atoms with Crippen molar-refractivity contribution in [3.63, 3.8) is 0 Å². The fourth-order valence-electron chi connectivity index (χ4n) is 13.1. The van der Waals surface area contributed by atoms with Gasteiger partial charge in [-0.3, -0.25) is 38.4 Å². The van der Waals surface area contributed by atoms with Gasteiger partial charge in [-0.15, -0.1) is 0 Å². The number of ether oxygens (including phenoxy) is 4. The predicted octanol–water partition coefficient (Wildman–Crippen LogP) is 15.8. The van der Waals surface area contributed by atoms with Crippen LogP contribution in [0.15, 0.2) is 207 Å². The van der Waals surface area contributed by atoms with E-state index in [4.69, 9.17) is 36.1 Å². The Morgan fingerprint density at radius 2 is 0.741 bits per heavy atom. The van der Waals surface area contributed by atoms with Gasteiger partial charge >= 0.3 is 23.9 Å². The van der Waals surface area contributed by atoms with Crippen LogP contribution < -0.4 is 38.5 Å². The van der Waals surface area contributed by atoms with Gasteiger partial charge in [0.05, 0.1) is 75.8 Å². The van der Waals surface area contributed by atoms with Crippen LogP contribution in [0, 0.1) is 52.8 Å². The quantitative estimate of drug-likeness (QED) is 0.0184. The lowest BCUT2D eigenvalue weighted by atomic mass is 9.78. The van der Waals surface area contributed by atoms with Gasteiger partial charge in [-0.2, -0.15) is 0 Å². The Bertz CT molecular complexity index is 4550. The second-order valence-corrected chi connectivity index (χ2v) is 33.2. The molecule has 5 aliphatic carbocycles. The standard InChI is InChI=1S/C92H108N8O12/c1-17-39-109-85(105)65-49-61(65)81(101)97-73-35-25-36-74(98-82(102)62-50-66(62)86(106)110-40-18-2)79(73)77-69(93)31-21-27-53(55-43-57(89(5,6)7)47-58(44-55)90(8,9)10)29-23-33-71(95)78(72(96)34-24-30-54(28-22-32-70(77)94)56-45-59(91(11,12)13)48-60(46-56)92(14,15)16)80-75(99-83(103)63-51-67(63)87(107)111-41-19-3)37-26-38-76(80)100-84(104)64-52-68(64)88(108)112-42-20-4/h17-29,31-38,43-48,61-68,93H,1-4,30,39-42,49-52,94-96H2,5-16H3,(H,97,101)(H,98,102)(H,99,103)(H,100,104)/b29-23+,31-21-,32-22-,34-24-,53-27-,54-28-,71-33-,77-70+,78-72+,93-69?/t61-,62?,63?,64?,65?,66?,67-,68?/m1/s1. The van der Waals surface area contributed by atoms with E-state index >= 15 is 0 Å². The zero-order valence-electron chi connectivity index (χ0n) is 66.5. The molecule has 588 valence electrons. The summed E-state index contributed by atoms with van der Waals surface area (Å²) in [6.45, 7) is 40.1. The number of amides is 4. The second-order valence-electron chi connectivity index (χ2n) is 33.2. The van der Waals surface area contributed by atoms with E-state index in [0.717, 1.165) is 39.0 Å². The summed E-state index contributed by atoms with van der Waals surface area (Å²) in [7, 11) is 0. The van der Waals surface area contributed by atoms with Crippen molar-refractivity contribution >= 4 is 98.3 Å². The third-order valence-electron chi connectivity index (χ3n) is 20.2. The number of carbonyl (C=O) groups is 8. The smallest absolute Gasteiger partial charge is 0.310 e. The molecule has 4 aromatic rings. The summed E-state index contributed by atoms with van der Waals surface area (Å²) in [6.07, 6.45) is 26.0. The van der Waals surface area contributed by atoms with Crippen LogP contribution >= 0.6 is 0 Å². The Morgan fingerprint density at radius 3 is 1.09 bits per heavy atom. The zero-order valence-corrected chi connectivity index (χ0v) is 66.5. The fourth-order valence-corrected chi connectivity index (χ4v) is 13.1. The molecule has 112 heavy (non-hydrogen) atoms. The Balaban J connectivity index is 1.31. The molecule has 0 heterocycles. The molecule has 4 saturated carbocycles. The lowest BCUT2D eigenvalue weighted by molar-refractivity contribution is -0.145. The first-order valence-corrected chi connectivity index (χ1v) is 38.0. The summed E-state index contributed by atoms with van der Waals surface area (Å²) in [5, 5.41) is 22.5. The normalized spacial score (nSPS) is 24.4. The van der Waals surface area contributed by atoms with E-state index in [0.29, 0.717) is 5.57 Å². The number of nitrogens with two attached hydrogens (primary N) is 3. The number of allylic oxidation sites excluding steroid dienone is 15. The third-order valence-corrected chi connectivity index (χ3v) is 20.2. The summed E-state index contributed by atoms with van der Waals surface area (Å²) in [4.78, 5) is 111. The highest BCUT2D eigenvalue weighted by atomic mass is 16.5. The van der Waals surface area contributed by atoms with Crippen LogP contribution in [0.1, 0.15) is 160 Å². The highest BCUT2D eigenvalue weighted by Gasteiger charge is 2.52. The van der Waals surface area contributed by atoms with E-state index in [1.807, 2.05) is 24.3 Å².